The predicted octanol–water partition coefficient (Wildman–Crippen LogP) is 17.2. The molecule has 0 fully saturated rings. The normalized spacial score (nSPS) is 13.3. The number of rotatable bonds is 7. The summed E-state index contributed by atoms with van der Waals surface area (Å²) in [7, 11) is 0. The van der Waals surface area contributed by atoms with Crippen LogP contribution in [0.5, 0.6) is 0 Å². The first kappa shape index (κ1) is 61.9. The Kier molecular flexibility index (Phi) is 16.0. The number of aromatic nitrogens is 1. The summed E-state index contributed by atoms with van der Waals surface area (Å²) in [5.41, 5.74) is -26.3. The molecule has 0 spiro atoms. The van der Waals surface area contributed by atoms with Gasteiger partial charge in [-0.3, -0.25) is 0 Å². The van der Waals surface area contributed by atoms with Gasteiger partial charge >= 0.3 is 49.4 Å². The average molecular weight is 1210 g/mol. The van der Waals surface area contributed by atoms with Crippen molar-refractivity contribution in [1.82, 2.24) is 0 Å². The van der Waals surface area contributed by atoms with E-state index in [0.29, 0.717) is 0 Å². The minimum atomic E-state index is -6.13. The van der Waals surface area contributed by atoms with Crippen LogP contribution in [0.2, 0.25) is 0 Å². The van der Waals surface area contributed by atoms with Crippen LogP contribution in [0.25, 0.3) is 32.8 Å². The van der Waals surface area contributed by atoms with Gasteiger partial charge in [0.2, 0.25) is 5.69 Å². The third-order valence-corrected chi connectivity index (χ3v) is 13.6. The van der Waals surface area contributed by atoms with E-state index in [9.17, 15) is 105 Å². The first-order valence-corrected chi connectivity index (χ1v) is 24.0. The molecule has 0 radical (unpaired) electrons. The molecule has 1 aromatic heterocycles. The van der Waals surface area contributed by atoms with Crippen molar-refractivity contribution < 1.29 is 110 Å². The monoisotopic (exact) mass is 1210 g/mol. The maximum absolute atomic E-state index is 14.2. The zero-order valence-electron chi connectivity index (χ0n) is 41.6. The highest BCUT2D eigenvalue weighted by molar-refractivity contribution is 7.20. The van der Waals surface area contributed by atoms with Crippen molar-refractivity contribution in [2.75, 3.05) is 0 Å². The molecular formula is C58H32BF24N. The van der Waals surface area contributed by atoms with Gasteiger partial charge < -0.3 is 0 Å². The van der Waals surface area contributed by atoms with Crippen molar-refractivity contribution in [1.29, 1.82) is 0 Å². The summed E-state index contributed by atoms with van der Waals surface area (Å²) in [6.45, 7) is 0.856. The van der Waals surface area contributed by atoms with E-state index in [1.807, 2.05) is 0 Å². The molecule has 0 bridgehead atoms. The third-order valence-electron chi connectivity index (χ3n) is 13.6. The minimum Gasteiger partial charge on any atom is -0.194 e. The van der Waals surface area contributed by atoms with Crippen molar-refractivity contribution in [3.63, 3.8) is 0 Å². The number of benzene rings is 8. The second-order valence-corrected chi connectivity index (χ2v) is 19.1. The van der Waals surface area contributed by atoms with Crippen LogP contribution in [-0.2, 0) is 56.0 Å². The largest absolute Gasteiger partial charge is 0.416 e. The highest BCUT2D eigenvalue weighted by Crippen LogP contribution is 2.42. The van der Waals surface area contributed by atoms with Gasteiger partial charge in [0.25, 0.3) is 0 Å². The van der Waals surface area contributed by atoms with E-state index >= 15 is 0 Å². The number of pyridine rings is 1. The highest BCUT2D eigenvalue weighted by Gasteiger charge is 2.47. The van der Waals surface area contributed by atoms with E-state index in [1.165, 1.54) is 38.4 Å². The van der Waals surface area contributed by atoms with Gasteiger partial charge in [0.15, 0.2) is 12.7 Å². The average Bonchev–Trinajstić information content (AvgIpc) is 1.09. The van der Waals surface area contributed by atoms with E-state index < -0.39 is 195 Å². The van der Waals surface area contributed by atoms with Crippen LogP contribution in [-0.4, -0.2) is 6.15 Å². The van der Waals surface area contributed by atoms with E-state index in [4.69, 9.17) is 0 Å². The number of nitrogens with zero attached hydrogens (tertiary/aromatic N) is 1. The van der Waals surface area contributed by atoms with Gasteiger partial charge in [-0.2, -0.15) is 132 Å². The maximum atomic E-state index is 14.2. The Morgan fingerprint density at radius 2 is 0.536 bits per heavy atom. The Morgan fingerprint density at radius 1 is 0.274 bits per heavy atom. The Labute approximate surface area is 457 Å². The van der Waals surface area contributed by atoms with Gasteiger partial charge in [-0.05, 0) is 57.9 Å². The summed E-state index contributed by atoms with van der Waals surface area (Å²) in [6.07, 6.45) is -52.6. The summed E-state index contributed by atoms with van der Waals surface area (Å²) < 4.78 is 343. The van der Waals surface area contributed by atoms with Gasteiger partial charge in [-0.25, -0.2) is 0 Å². The second-order valence-electron chi connectivity index (χ2n) is 19.1. The Hall–Kier alpha value is -8.19. The lowest BCUT2D eigenvalue weighted by atomic mass is 9.12. The summed E-state index contributed by atoms with van der Waals surface area (Å²) in [5.74, 6) is 0. The molecule has 9 aromatic rings. The molecule has 9 rings (SSSR count). The lowest BCUT2D eigenvalue weighted by molar-refractivity contribution is -0.677. The maximum Gasteiger partial charge on any atom is 0.416 e. The zero-order chi connectivity index (χ0) is 62.0. The Bertz CT molecular complexity index is 3390. The van der Waals surface area contributed by atoms with Crippen molar-refractivity contribution in [2.24, 2.45) is 0 Å². The molecule has 84 heavy (non-hydrogen) atoms. The molecule has 1 heterocycles. The van der Waals surface area contributed by atoms with Crippen molar-refractivity contribution >= 4 is 49.5 Å². The molecule has 0 aliphatic rings. The Morgan fingerprint density at radius 3 is 0.821 bits per heavy atom. The summed E-state index contributed by atoms with van der Waals surface area (Å²) in [4.78, 5) is 0. The van der Waals surface area contributed by atoms with Gasteiger partial charge in [0.1, 0.15) is 6.15 Å². The molecule has 1 nitrogen and oxygen atoms in total. The molecule has 8 aromatic carbocycles. The van der Waals surface area contributed by atoms with Gasteiger partial charge in [-0.1, -0.05) is 127 Å². The fourth-order valence-corrected chi connectivity index (χ4v) is 9.98. The van der Waals surface area contributed by atoms with Crippen LogP contribution in [0.4, 0.5) is 105 Å². The molecule has 0 saturated heterocycles. The Balaban J connectivity index is 0.000000280. The number of fused-ring (bicyclic) bond motifs is 2. The zero-order valence-corrected chi connectivity index (χ0v) is 41.6. The fourth-order valence-electron chi connectivity index (χ4n) is 9.98. The van der Waals surface area contributed by atoms with Gasteiger partial charge in [-0.15, -0.1) is 0 Å². The SMILES string of the molecule is FC(F)(F)c1cc([B-](c2cc(C(F)(F)F)cc(C(F)(F)F)c2)(c2cc(C(F)(F)F)cc(C(F)(F)F)c2)c2cc(C(F)(F)F)cc(C(F)(F)F)c2)cc(C(F)(F)F)c1.c1ccc(C[n+]2ccccc2-c2c3ccccc3cc3ccccc23)cc1. The van der Waals surface area contributed by atoms with Crippen molar-refractivity contribution in [3.8, 4) is 11.3 Å². The first-order chi connectivity index (χ1) is 38.7. The van der Waals surface area contributed by atoms with Crippen LogP contribution in [0, 0.1) is 0 Å². The fraction of sp³-hybridized carbons (Fsp3) is 0.155. The number of halogens is 24. The molecule has 0 saturated carbocycles. The summed E-state index contributed by atoms with van der Waals surface area (Å²) in [6, 6.07) is 28.0. The van der Waals surface area contributed by atoms with Crippen LogP contribution in [0.3, 0.4) is 0 Å². The topological polar surface area (TPSA) is 3.88 Å². The number of hydrogen-bond acceptors (Lipinski definition) is 0. The van der Waals surface area contributed by atoms with Crippen LogP contribution < -0.4 is 26.4 Å². The summed E-state index contributed by atoms with van der Waals surface area (Å²) >= 11 is 0. The molecule has 0 unspecified atom stereocenters. The van der Waals surface area contributed by atoms with Crippen LogP contribution in [0.1, 0.15) is 50.1 Å². The van der Waals surface area contributed by atoms with Gasteiger partial charge in [0, 0.05) is 17.7 Å². The molecule has 0 atom stereocenters. The van der Waals surface area contributed by atoms with Crippen LogP contribution in [0.15, 0.2) is 182 Å². The molecule has 440 valence electrons. The molecule has 0 N–H and O–H groups in total. The van der Waals surface area contributed by atoms with E-state index in [-0.39, 0.29) is 0 Å². The molecule has 0 amide bonds. The number of alkyl halides is 24. The standard InChI is InChI=1S/C32H12BF24.C26H20N/c34-25(35,36)13-1-14(26(37,38)39)6-21(5-13)33(22-7-15(27(40,41)42)2-16(8-22)28(43,44)45,23-9-17(29(46,47)48)3-18(10-23)30(49,50)51)24-11-19(31(52,53)54)4-20(12-24)32(55,56)57;1-2-10-20(11-3-1)19-27-17-9-8-16-25(27)26-23-14-6-4-12-21(23)18-22-13-5-7-15-24(22)26/h1-12H;1-18H,19H2/q-1;+1. The molecule has 0 aliphatic carbocycles. The minimum absolute atomic E-state index is 0.691. The van der Waals surface area contributed by atoms with E-state index in [1.54, 1.807) is 0 Å². The lowest BCUT2D eigenvalue weighted by Crippen LogP contribution is -2.75. The number of hydrogen-bond donors (Lipinski definition) is 0. The lowest BCUT2D eigenvalue weighted by Gasteiger charge is -2.46. The smallest absolute Gasteiger partial charge is 0.194 e. The first-order valence-electron chi connectivity index (χ1n) is 24.0. The van der Waals surface area contributed by atoms with Gasteiger partial charge in [0.05, 0.1) is 50.1 Å². The molecule has 26 heteroatoms. The molecule has 0 aliphatic heterocycles. The summed E-state index contributed by atoms with van der Waals surface area (Å²) in [5, 5.41) is 5.15. The third kappa shape index (κ3) is 13.1. The second kappa shape index (κ2) is 21.8. The van der Waals surface area contributed by atoms with E-state index in [0.717, 1.165) is 6.54 Å². The van der Waals surface area contributed by atoms with E-state index in [2.05, 4.69) is 114 Å². The van der Waals surface area contributed by atoms with Crippen molar-refractivity contribution in [2.45, 2.75) is 56.0 Å². The van der Waals surface area contributed by atoms with Crippen LogP contribution >= 0.6 is 0 Å². The highest BCUT2D eigenvalue weighted by atomic mass is 19.4. The molecular weight excluding hydrogens is 1180 g/mol. The quantitative estimate of drug-likeness (QED) is 0.0648. The van der Waals surface area contributed by atoms with Crippen molar-refractivity contribution in [3.05, 3.63) is 232 Å². The predicted molar refractivity (Wildman–Crippen MR) is 263 cm³/mol.